The van der Waals surface area contributed by atoms with Gasteiger partial charge in [-0.1, -0.05) is 39.5 Å². The standard InChI is InChI=1S/C6H14O.C6H14/c1-5-7-6(2,3)4;1-3-5-6-4-2/h5H2,1-4H3;3-6H2,1-2H3. The van der Waals surface area contributed by atoms with Gasteiger partial charge in [0.25, 0.3) is 0 Å². The van der Waals surface area contributed by atoms with Crippen molar-refractivity contribution in [3.05, 3.63) is 0 Å². The Morgan fingerprint density at radius 3 is 1.31 bits per heavy atom. The first-order valence-corrected chi connectivity index (χ1v) is 5.61. The normalized spacial score (nSPS) is 10.6. The fourth-order valence-electron chi connectivity index (χ4n) is 0.933. The van der Waals surface area contributed by atoms with Gasteiger partial charge in [-0.15, -0.1) is 0 Å². The zero-order chi connectivity index (χ0) is 10.7. The second-order valence-electron chi connectivity index (χ2n) is 4.25. The van der Waals surface area contributed by atoms with E-state index in [1.54, 1.807) is 0 Å². The molecule has 0 aliphatic heterocycles. The molecule has 0 fully saturated rings. The maximum atomic E-state index is 5.23. The molecule has 0 unspecified atom stereocenters. The molecule has 0 atom stereocenters. The third kappa shape index (κ3) is 24.5. The fourth-order valence-corrected chi connectivity index (χ4v) is 0.933. The summed E-state index contributed by atoms with van der Waals surface area (Å²) in [6.45, 7) is 13.4. The van der Waals surface area contributed by atoms with E-state index < -0.39 is 0 Å². The van der Waals surface area contributed by atoms with Crippen LogP contribution in [0.4, 0.5) is 0 Å². The fraction of sp³-hybridized carbons (Fsp3) is 1.00. The molecule has 0 aliphatic carbocycles. The first-order valence-electron chi connectivity index (χ1n) is 5.61. The predicted octanol–water partition coefficient (Wildman–Crippen LogP) is 4.41. The van der Waals surface area contributed by atoms with Gasteiger partial charge in [-0.3, -0.25) is 0 Å². The van der Waals surface area contributed by atoms with E-state index in [0.717, 1.165) is 6.61 Å². The topological polar surface area (TPSA) is 9.23 Å². The molecular formula is C12H28O. The van der Waals surface area contributed by atoms with Crippen LogP contribution in [-0.4, -0.2) is 12.2 Å². The predicted molar refractivity (Wildman–Crippen MR) is 61.2 cm³/mol. The number of unbranched alkanes of at least 4 members (excludes halogenated alkanes) is 3. The van der Waals surface area contributed by atoms with E-state index in [4.69, 9.17) is 4.74 Å². The molecule has 0 aromatic heterocycles. The van der Waals surface area contributed by atoms with E-state index in [1.807, 2.05) is 6.92 Å². The van der Waals surface area contributed by atoms with Crippen LogP contribution in [0.2, 0.25) is 0 Å². The van der Waals surface area contributed by atoms with E-state index in [1.165, 1.54) is 25.7 Å². The molecule has 0 rings (SSSR count). The van der Waals surface area contributed by atoms with Gasteiger partial charge < -0.3 is 4.74 Å². The molecule has 82 valence electrons. The second-order valence-corrected chi connectivity index (χ2v) is 4.25. The molecule has 0 aliphatic rings. The van der Waals surface area contributed by atoms with Gasteiger partial charge in [-0.05, 0) is 27.7 Å². The summed E-state index contributed by atoms with van der Waals surface area (Å²) < 4.78 is 5.23. The molecule has 0 aromatic carbocycles. The van der Waals surface area contributed by atoms with Crippen LogP contribution in [0.25, 0.3) is 0 Å². The van der Waals surface area contributed by atoms with Crippen molar-refractivity contribution in [1.29, 1.82) is 0 Å². The summed E-state index contributed by atoms with van der Waals surface area (Å²) in [4.78, 5) is 0. The lowest BCUT2D eigenvalue weighted by Crippen LogP contribution is -2.18. The highest BCUT2D eigenvalue weighted by atomic mass is 16.5. The Morgan fingerprint density at radius 1 is 0.846 bits per heavy atom. The first kappa shape index (κ1) is 15.4. The average molecular weight is 188 g/mol. The summed E-state index contributed by atoms with van der Waals surface area (Å²) in [5, 5.41) is 0. The molecule has 1 heteroatoms. The van der Waals surface area contributed by atoms with Crippen molar-refractivity contribution in [3.8, 4) is 0 Å². The Bertz CT molecular complexity index is 77.6. The third-order valence-corrected chi connectivity index (χ3v) is 1.53. The molecule has 0 spiro atoms. The molecule has 0 saturated heterocycles. The molecular weight excluding hydrogens is 160 g/mol. The lowest BCUT2D eigenvalue weighted by molar-refractivity contribution is 0.00532. The van der Waals surface area contributed by atoms with Gasteiger partial charge in [0.15, 0.2) is 0 Å². The molecule has 0 amide bonds. The smallest absolute Gasteiger partial charge is 0.0598 e. The monoisotopic (exact) mass is 188 g/mol. The van der Waals surface area contributed by atoms with Crippen molar-refractivity contribution in [2.24, 2.45) is 0 Å². The Hall–Kier alpha value is -0.0400. The van der Waals surface area contributed by atoms with E-state index in [9.17, 15) is 0 Å². The molecule has 0 radical (unpaired) electrons. The molecule has 0 heterocycles. The van der Waals surface area contributed by atoms with Crippen molar-refractivity contribution >= 4 is 0 Å². The van der Waals surface area contributed by atoms with Crippen LogP contribution in [0.15, 0.2) is 0 Å². The summed E-state index contributed by atoms with van der Waals surface area (Å²) in [7, 11) is 0. The van der Waals surface area contributed by atoms with Gasteiger partial charge in [0, 0.05) is 6.61 Å². The third-order valence-electron chi connectivity index (χ3n) is 1.53. The highest BCUT2D eigenvalue weighted by Crippen LogP contribution is 2.04. The molecule has 0 bridgehead atoms. The molecule has 1 nitrogen and oxygen atoms in total. The van der Waals surface area contributed by atoms with Gasteiger partial charge in [0.1, 0.15) is 0 Å². The first-order chi connectivity index (χ1) is 5.97. The van der Waals surface area contributed by atoms with E-state index in [-0.39, 0.29) is 5.60 Å². The van der Waals surface area contributed by atoms with Crippen LogP contribution in [0.3, 0.4) is 0 Å². The summed E-state index contributed by atoms with van der Waals surface area (Å²) >= 11 is 0. The highest BCUT2D eigenvalue weighted by Gasteiger charge is 2.06. The van der Waals surface area contributed by atoms with E-state index >= 15 is 0 Å². The molecule has 13 heavy (non-hydrogen) atoms. The Balaban J connectivity index is 0. The molecule has 0 aromatic rings. The molecule has 0 N–H and O–H groups in total. The summed E-state index contributed by atoms with van der Waals surface area (Å²) in [6.07, 6.45) is 5.54. The van der Waals surface area contributed by atoms with Gasteiger partial charge in [-0.25, -0.2) is 0 Å². The van der Waals surface area contributed by atoms with Crippen molar-refractivity contribution in [2.75, 3.05) is 6.61 Å². The quantitative estimate of drug-likeness (QED) is 0.594. The van der Waals surface area contributed by atoms with Crippen molar-refractivity contribution in [1.82, 2.24) is 0 Å². The maximum Gasteiger partial charge on any atom is 0.0598 e. The van der Waals surface area contributed by atoms with Crippen LogP contribution >= 0.6 is 0 Å². The van der Waals surface area contributed by atoms with Gasteiger partial charge in [0.2, 0.25) is 0 Å². The summed E-state index contributed by atoms with van der Waals surface area (Å²) in [5.74, 6) is 0. The van der Waals surface area contributed by atoms with Crippen molar-refractivity contribution in [2.45, 2.75) is 72.8 Å². The summed E-state index contributed by atoms with van der Waals surface area (Å²) in [6, 6.07) is 0. The van der Waals surface area contributed by atoms with E-state index in [2.05, 4.69) is 34.6 Å². The van der Waals surface area contributed by atoms with Crippen LogP contribution in [0.5, 0.6) is 0 Å². The Labute approximate surface area is 84.9 Å². The minimum atomic E-state index is 0.0503. The SMILES string of the molecule is CCCCCC.CCOC(C)(C)C. The average Bonchev–Trinajstić information content (AvgIpc) is 1.99. The number of hydrogen-bond acceptors (Lipinski definition) is 1. The lowest BCUT2D eigenvalue weighted by atomic mass is 10.2. The van der Waals surface area contributed by atoms with Crippen LogP contribution in [-0.2, 0) is 4.74 Å². The van der Waals surface area contributed by atoms with Crippen molar-refractivity contribution < 1.29 is 4.74 Å². The van der Waals surface area contributed by atoms with Crippen LogP contribution in [0, 0.1) is 0 Å². The maximum absolute atomic E-state index is 5.23. The largest absolute Gasteiger partial charge is 0.376 e. The minimum absolute atomic E-state index is 0.0503. The second kappa shape index (κ2) is 10.0. The highest BCUT2D eigenvalue weighted by molar-refractivity contribution is 4.56. The number of hydrogen-bond donors (Lipinski definition) is 0. The number of ether oxygens (including phenoxy) is 1. The Morgan fingerprint density at radius 2 is 1.23 bits per heavy atom. The zero-order valence-electron chi connectivity index (χ0n) is 10.4. The van der Waals surface area contributed by atoms with Gasteiger partial charge >= 0.3 is 0 Å². The Kier molecular flexibility index (Phi) is 11.9. The van der Waals surface area contributed by atoms with E-state index in [0.29, 0.717) is 0 Å². The summed E-state index contributed by atoms with van der Waals surface area (Å²) in [5.41, 5.74) is 0.0503. The van der Waals surface area contributed by atoms with Gasteiger partial charge in [-0.2, -0.15) is 0 Å². The van der Waals surface area contributed by atoms with Gasteiger partial charge in [0.05, 0.1) is 5.60 Å². The molecule has 0 saturated carbocycles. The lowest BCUT2D eigenvalue weighted by Gasteiger charge is -2.17. The van der Waals surface area contributed by atoms with Crippen LogP contribution < -0.4 is 0 Å². The minimum Gasteiger partial charge on any atom is -0.376 e. The van der Waals surface area contributed by atoms with Crippen LogP contribution in [0.1, 0.15) is 67.2 Å². The zero-order valence-corrected chi connectivity index (χ0v) is 10.4. The number of rotatable bonds is 4. The van der Waals surface area contributed by atoms with Crippen molar-refractivity contribution in [3.63, 3.8) is 0 Å².